The molecule has 1 heterocycles. The Morgan fingerprint density at radius 2 is 1.37 bits per heavy atom. The van der Waals surface area contributed by atoms with Gasteiger partial charge in [-0.25, -0.2) is 9.59 Å². The van der Waals surface area contributed by atoms with Crippen LogP contribution in [0.2, 0.25) is 0 Å². The molecule has 0 spiro atoms. The molecular weight excluding hydrogens is 558 g/mol. The average Bonchev–Trinajstić information content (AvgIpc) is 3.03. The fourth-order valence-corrected chi connectivity index (χ4v) is 5.04. The first-order valence-corrected chi connectivity index (χ1v) is 13.5. The summed E-state index contributed by atoms with van der Waals surface area (Å²) in [5, 5.41) is 18.5. The van der Waals surface area contributed by atoms with Crippen molar-refractivity contribution in [2.75, 3.05) is 35.0 Å². The monoisotopic (exact) mass is 595 g/mol. The molecule has 4 rings (SSSR count). The Balaban J connectivity index is 0.000000765. The van der Waals surface area contributed by atoms with Gasteiger partial charge in [0.25, 0.3) is 0 Å². The number of methoxy groups -OCH3 is 4. The zero-order valence-electron chi connectivity index (χ0n) is 24.7. The molecule has 11 heteroatoms. The fraction of sp³-hybridized carbons (Fsp3) is 0.344. The largest absolute Gasteiger partial charge is 0.493 e. The van der Waals surface area contributed by atoms with E-state index >= 15 is 0 Å². The van der Waals surface area contributed by atoms with Gasteiger partial charge < -0.3 is 39.2 Å². The summed E-state index contributed by atoms with van der Waals surface area (Å²) in [6.07, 6.45) is 2.31. The Morgan fingerprint density at radius 3 is 1.98 bits per heavy atom. The highest BCUT2D eigenvalue weighted by atomic mass is 16.5. The van der Waals surface area contributed by atoms with Crippen LogP contribution in [-0.4, -0.2) is 63.1 Å². The molecule has 0 saturated heterocycles. The predicted octanol–water partition coefficient (Wildman–Crippen LogP) is 3.98. The van der Waals surface area contributed by atoms with Crippen LogP contribution in [0.15, 0.2) is 60.7 Å². The highest BCUT2D eigenvalue weighted by molar-refractivity contribution is 6.27. The zero-order valence-corrected chi connectivity index (χ0v) is 24.7. The number of nitrogens with one attached hydrogen (secondary N) is 1. The van der Waals surface area contributed by atoms with Gasteiger partial charge in [-0.1, -0.05) is 36.4 Å². The Hall–Kier alpha value is -4.77. The molecule has 0 saturated carbocycles. The standard InChI is InChI=1S/C30H35NO6.C2H2O4/c1-33-25-11-10-22(16-26(25)34-2)19-30(14-12-29(32)37-20-21-8-6-5-7-9-21)24-18-28(36-4)27(35-3)17-23(24)13-15-31-30;3-1(4)2(5)6/h5-11,16-18,31H,12-15,19-20H2,1-4H3;(H,3,4)(H,5,6)/t30-;/m1./s1. The van der Waals surface area contributed by atoms with Gasteiger partial charge in [0.15, 0.2) is 23.0 Å². The van der Waals surface area contributed by atoms with Crippen molar-refractivity contribution in [3.63, 3.8) is 0 Å². The van der Waals surface area contributed by atoms with E-state index in [1.54, 1.807) is 28.4 Å². The van der Waals surface area contributed by atoms with Crippen molar-refractivity contribution in [1.29, 1.82) is 0 Å². The number of hydrogen-bond acceptors (Lipinski definition) is 9. The van der Waals surface area contributed by atoms with Crippen LogP contribution in [0.25, 0.3) is 0 Å². The molecule has 43 heavy (non-hydrogen) atoms. The van der Waals surface area contributed by atoms with E-state index in [0.29, 0.717) is 35.8 Å². The Kier molecular flexibility index (Phi) is 11.8. The van der Waals surface area contributed by atoms with Gasteiger partial charge in [0.1, 0.15) is 6.61 Å². The minimum atomic E-state index is -1.82. The minimum Gasteiger partial charge on any atom is -0.493 e. The number of ether oxygens (including phenoxy) is 5. The number of aliphatic carboxylic acids is 2. The maximum absolute atomic E-state index is 12.8. The van der Waals surface area contributed by atoms with Crippen LogP contribution in [0.3, 0.4) is 0 Å². The van der Waals surface area contributed by atoms with Crippen molar-refractivity contribution in [3.05, 3.63) is 82.9 Å². The number of fused-ring (bicyclic) bond motifs is 1. The van der Waals surface area contributed by atoms with Crippen molar-refractivity contribution in [1.82, 2.24) is 5.32 Å². The molecule has 11 nitrogen and oxygen atoms in total. The molecule has 1 atom stereocenters. The molecule has 0 unspecified atom stereocenters. The lowest BCUT2D eigenvalue weighted by Gasteiger charge is -2.41. The van der Waals surface area contributed by atoms with Crippen molar-refractivity contribution in [2.24, 2.45) is 0 Å². The highest BCUT2D eigenvalue weighted by Crippen LogP contribution is 2.42. The third-order valence-electron chi connectivity index (χ3n) is 7.12. The number of carboxylic acids is 2. The van der Waals surface area contributed by atoms with Crippen LogP contribution in [0.4, 0.5) is 0 Å². The van der Waals surface area contributed by atoms with Crippen LogP contribution in [0.5, 0.6) is 23.0 Å². The summed E-state index contributed by atoms with van der Waals surface area (Å²) in [6.45, 7) is 1.03. The van der Waals surface area contributed by atoms with Crippen LogP contribution < -0.4 is 24.3 Å². The summed E-state index contributed by atoms with van der Waals surface area (Å²) >= 11 is 0. The van der Waals surface area contributed by atoms with E-state index < -0.39 is 17.5 Å². The average molecular weight is 596 g/mol. The van der Waals surface area contributed by atoms with Gasteiger partial charge in [-0.05, 0) is 65.8 Å². The number of carbonyl (C=O) groups excluding carboxylic acids is 1. The number of carboxylic acid groups (broad SMARTS) is 2. The van der Waals surface area contributed by atoms with Gasteiger partial charge in [0.05, 0.1) is 28.4 Å². The molecule has 0 aromatic heterocycles. The summed E-state index contributed by atoms with van der Waals surface area (Å²) in [5.41, 5.74) is 3.79. The molecule has 3 aromatic rings. The number of carbonyl (C=O) groups is 3. The van der Waals surface area contributed by atoms with E-state index in [-0.39, 0.29) is 19.0 Å². The van der Waals surface area contributed by atoms with Gasteiger partial charge >= 0.3 is 17.9 Å². The normalized spacial score (nSPS) is 15.2. The minimum absolute atomic E-state index is 0.232. The van der Waals surface area contributed by atoms with Gasteiger partial charge in [-0.15, -0.1) is 0 Å². The Bertz CT molecular complexity index is 1400. The van der Waals surface area contributed by atoms with E-state index in [4.69, 9.17) is 43.5 Å². The molecule has 230 valence electrons. The van der Waals surface area contributed by atoms with Crippen LogP contribution in [0, 0.1) is 0 Å². The molecule has 0 radical (unpaired) electrons. The second-order valence-corrected chi connectivity index (χ2v) is 9.75. The first kappa shape index (κ1) is 32.7. The maximum atomic E-state index is 12.8. The first-order valence-electron chi connectivity index (χ1n) is 13.5. The molecule has 3 N–H and O–H groups in total. The van der Waals surface area contributed by atoms with Crippen molar-refractivity contribution in [2.45, 2.75) is 37.8 Å². The molecule has 3 aromatic carbocycles. The number of hydrogen-bond donors (Lipinski definition) is 3. The third kappa shape index (κ3) is 8.62. The number of rotatable bonds is 11. The summed E-state index contributed by atoms with van der Waals surface area (Å²) in [7, 11) is 6.53. The fourth-order valence-electron chi connectivity index (χ4n) is 5.04. The predicted molar refractivity (Wildman–Crippen MR) is 157 cm³/mol. The molecule has 0 bridgehead atoms. The van der Waals surface area contributed by atoms with E-state index in [2.05, 4.69) is 5.32 Å². The van der Waals surface area contributed by atoms with E-state index in [0.717, 1.165) is 29.7 Å². The van der Waals surface area contributed by atoms with Crippen molar-refractivity contribution in [3.8, 4) is 23.0 Å². The summed E-state index contributed by atoms with van der Waals surface area (Å²) < 4.78 is 27.8. The van der Waals surface area contributed by atoms with E-state index in [1.807, 2.05) is 60.7 Å². The molecule has 0 aliphatic carbocycles. The molecule has 1 aliphatic rings. The highest BCUT2D eigenvalue weighted by Gasteiger charge is 2.38. The van der Waals surface area contributed by atoms with Gasteiger partial charge in [0, 0.05) is 18.5 Å². The quantitative estimate of drug-likeness (QED) is 0.218. The van der Waals surface area contributed by atoms with Gasteiger partial charge in [-0.2, -0.15) is 0 Å². The smallest absolute Gasteiger partial charge is 0.414 e. The number of benzene rings is 3. The second kappa shape index (κ2) is 15.5. The molecular formula is C32H37NO10. The van der Waals surface area contributed by atoms with Crippen LogP contribution in [-0.2, 0) is 44.1 Å². The van der Waals surface area contributed by atoms with Crippen molar-refractivity contribution >= 4 is 17.9 Å². The lowest BCUT2D eigenvalue weighted by atomic mass is 9.75. The Morgan fingerprint density at radius 1 is 0.767 bits per heavy atom. The zero-order chi connectivity index (χ0) is 31.4. The third-order valence-corrected chi connectivity index (χ3v) is 7.12. The summed E-state index contributed by atoms with van der Waals surface area (Å²) in [4.78, 5) is 31.0. The topological polar surface area (TPSA) is 150 Å². The first-order chi connectivity index (χ1) is 20.7. The lowest BCUT2D eigenvalue weighted by Crippen LogP contribution is -2.49. The van der Waals surface area contributed by atoms with Crippen molar-refractivity contribution < 1.29 is 48.3 Å². The molecule has 1 aliphatic heterocycles. The summed E-state index contributed by atoms with van der Waals surface area (Å²) in [5.74, 6) is -1.18. The second-order valence-electron chi connectivity index (χ2n) is 9.75. The maximum Gasteiger partial charge on any atom is 0.414 e. The Labute approximate surface area is 250 Å². The van der Waals surface area contributed by atoms with E-state index in [1.165, 1.54) is 5.56 Å². The van der Waals surface area contributed by atoms with E-state index in [9.17, 15) is 4.79 Å². The molecule has 0 amide bonds. The number of esters is 1. The lowest BCUT2D eigenvalue weighted by molar-refractivity contribution is -0.159. The van der Waals surface area contributed by atoms with Gasteiger partial charge in [-0.3, -0.25) is 4.79 Å². The van der Waals surface area contributed by atoms with Gasteiger partial charge in [0.2, 0.25) is 0 Å². The van der Waals surface area contributed by atoms with Crippen LogP contribution >= 0.6 is 0 Å². The SMILES string of the molecule is COc1ccc(C[C@@]2(CCC(=O)OCc3ccccc3)NCCc3cc(OC)c(OC)cc32)cc1OC.O=C(O)C(=O)O. The van der Waals surface area contributed by atoms with Crippen LogP contribution in [0.1, 0.15) is 35.1 Å². The summed E-state index contributed by atoms with van der Waals surface area (Å²) in [6, 6.07) is 19.7. The molecule has 0 fully saturated rings.